The van der Waals surface area contributed by atoms with Crippen molar-refractivity contribution in [3.05, 3.63) is 35.9 Å². The maximum Gasteiger partial charge on any atom is 0.0988 e. The van der Waals surface area contributed by atoms with Crippen molar-refractivity contribution in [3.63, 3.8) is 0 Å². The molecule has 0 spiro atoms. The van der Waals surface area contributed by atoms with E-state index in [2.05, 4.69) is 27.9 Å². The van der Waals surface area contributed by atoms with E-state index in [1.807, 2.05) is 0 Å². The lowest BCUT2D eigenvalue weighted by atomic mass is 10.0. The molecule has 0 aliphatic carbocycles. The lowest BCUT2D eigenvalue weighted by molar-refractivity contribution is -0.888. The maximum atomic E-state index is 10.2. The van der Waals surface area contributed by atoms with Gasteiger partial charge in [-0.1, -0.05) is 230 Å². The van der Waals surface area contributed by atoms with E-state index in [0.29, 0.717) is 5.56 Å². The first-order valence-corrected chi connectivity index (χ1v) is 23.6. The fourth-order valence-electron chi connectivity index (χ4n) is 6.85. The third-order valence-electron chi connectivity index (χ3n) is 10.7. The second-order valence-corrected chi connectivity index (χ2v) is 17.5. The third kappa shape index (κ3) is 39.9. The van der Waals surface area contributed by atoms with Crippen LogP contribution in [-0.4, -0.2) is 44.6 Å². The first-order valence-electron chi connectivity index (χ1n) is 22.0. The Labute approximate surface area is 314 Å². The zero-order chi connectivity index (χ0) is 36.9. The summed E-state index contributed by atoms with van der Waals surface area (Å²) in [5.41, 5.74) is 0.530. The zero-order valence-corrected chi connectivity index (χ0v) is 35.0. The van der Waals surface area contributed by atoms with Gasteiger partial charge in [0.05, 0.1) is 43.1 Å². The second kappa shape index (κ2) is 36.4. The summed E-state index contributed by atoms with van der Waals surface area (Å²) in [5, 5.41) is 0. The minimum atomic E-state index is -4.13. The Hall–Kier alpha value is -0.910. The molecule has 0 fully saturated rings. The van der Waals surface area contributed by atoms with Crippen LogP contribution in [0, 0.1) is 0 Å². The lowest BCUT2D eigenvalue weighted by Crippen LogP contribution is -2.39. The van der Waals surface area contributed by atoms with Gasteiger partial charge in [0.2, 0.25) is 0 Å². The summed E-state index contributed by atoms with van der Waals surface area (Å²) in [4.78, 5) is 0. The summed E-state index contributed by atoms with van der Waals surface area (Å²) in [5.74, 6) is -0.423. The van der Waals surface area contributed by atoms with Crippen LogP contribution in [0.5, 0.6) is 0 Å². The fourth-order valence-corrected chi connectivity index (χ4v) is 7.45. The van der Waals surface area contributed by atoms with Crippen molar-refractivity contribution in [2.24, 2.45) is 0 Å². The first kappa shape index (κ1) is 49.1. The van der Waals surface area contributed by atoms with Crippen LogP contribution in [-0.2, 0) is 15.9 Å². The predicted octanol–water partition coefficient (Wildman–Crippen LogP) is 14.3. The minimum absolute atomic E-state index is 0.423. The Balaban J connectivity index is 0.00000183. The molecule has 0 aliphatic heterocycles. The van der Waals surface area contributed by atoms with Crippen molar-refractivity contribution in [1.82, 2.24) is 0 Å². The number of rotatable bonds is 36. The van der Waals surface area contributed by atoms with Gasteiger partial charge in [-0.3, -0.25) is 0 Å². The van der Waals surface area contributed by atoms with Gasteiger partial charge in [0, 0.05) is 0 Å². The number of unbranched alkanes of at least 4 members (excludes halogenated alkanes) is 31. The Bertz CT molecular complexity index is 902. The van der Waals surface area contributed by atoms with E-state index in [9.17, 15) is 13.0 Å². The van der Waals surface area contributed by atoms with Crippen molar-refractivity contribution < 1.29 is 17.5 Å². The molecule has 0 aromatic heterocycles. The topological polar surface area (TPSA) is 57.2 Å². The molecule has 0 unspecified atom stereocenters. The van der Waals surface area contributed by atoms with Crippen molar-refractivity contribution in [1.29, 1.82) is 0 Å². The van der Waals surface area contributed by atoms with Gasteiger partial charge in [-0.05, 0) is 25.3 Å². The van der Waals surface area contributed by atoms with Crippen molar-refractivity contribution in [3.8, 4) is 0 Å². The molecule has 296 valence electrons. The molecule has 1 aromatic rings. The molecule has 4 nitrogen and oxygen atoms in total. The molecule has 0 N–H and O–H groups in total. The van der Waals surface area contributed by atoms with Gasteiger partial charge in [0.25, 0.3) is 0 Å². The zero-order valence-electron chi connectivity index (χ0n) is 34.2. The van der Waals surface area contributed by atoms with Crippen LogP contribution >= 0.6 is 0 Å². The van der Waals surface area contributed by atoms with Gasteiger partial charge in [0.1, 0.15) is 0 Å². The molecule has 0 saturated carbocycles. The van der Waals surface area contributed by atoms with Gasteiger partial charge >= 0.3 is 0 Å². The predicted molar refractivity (Wildman–Crippen MR) is 221 cm³/mol. The Morgan fingerprint density at radius 1 is 0.440 bits per heavy atom. The molecule has 0 saturated heterocycles. The molecule has 5 heteroatoms. The Morgan fingerprint density at radius 3 is 0.940 bits per heavy atom. The molecule has 0 bridgehead atoms. The summed E-state index contributed by atoms with van der Waals surface area (Å²) in [6.07, 6.45) is 47.3. The second-order valence-electron chi connectivity index (χ2n) is 16.1. The summed E-state index contributed by atoms with van der Waals surface area (Å²) < 4.78 is 31.9. The van der Waals surface area contributed by atoms with Gasteiger partial charge < -0.3 is 9.04 Å². The number of hydrogen-bond acceptors (Lipinski definition) is 3. The summed E-state index contributed by atoms with van der Waals surface area (Å²) in [7, 11) is 0.601. The number of benzene rings is 1. The SMILES string of the molecule is CCCCCCCCCCCCCCCCCCCCCCCCCCCCCCCCCC[N+](C)(C)CC.O=S(=O)([O-])Cc1ccccc1. The largest absolute Gasteiger partial charge is 0.748 e. The van der Waals surface area contributed by atoms with Crippen LogP contribution in [0.4, 0.5) is 0 Å². The van der Waals surface area contributed by atoms with E-state index in [0.717, 1.165) is 0 Å². The van der Waals surface area contributed by atoms with Crippen molar-refractivity contribution in [2.45, 2.75) is 225 Å². The lowest BCUT2D eigenvalue weighted by Gasteiger charge is -2.28. The third-order valence-corrected chi connectivity index (χ3v) is 11.3. The highest BCUT2D eigenvalue weighted by atomic mass is 32.2. The van der Waals surface area contributed by atoms with Gasteiger partial charge in [-0.2, -0.15) is 0 Å². The molecular formula is C45H87NO3S. The van der Waals surface area contributed by atoms with Crippen LogP contribution in [0.25, 0.3) is 0 Å². The van der Waals surface area contributed by atoms with E-state index in [-0.39, 0.29) is 0 Å². The standard InChI is InChI=1S/C38H80N.C7H8O3S/c1-5-7-8-9-10-11-12-13-14-15-16-17-18-19-20-21-22-23-24-25-26-27-28-29-30-31-32-33-34-35-36-37-38-39(3,4)6-2;8-11(9,10)6-7-4-2-1-3-5-7/h5-38H2,1-4H3;1-5H,6H2,(H,8,9,10)/q+1;/p-1. The maximum absolute atomic E-state index is 10.2. The Morgan fingerprint density at radius 2 is 0.700 bits per heavy atom. The summed E-state index contributed by atoms with van der Waals surface area (Å²) in [6.45, 7) is 7.24. The van der Waals surface area contributed by atoms with Crippen molar-refractivity contribution >= 4 is 10.1 Å². The van der Waals surface area contributed by atoms with Gasteiger partial charge in [-0.25, -0.2) is 8.42 Å². The smallest absolute Gasteiger partial charge is 0.0988 e. The molecule has 1 rings (SSSR count). The molecule has 0 aliphatic rings. The van der Waals surface area contributed by atoms with Crippen molar-refractivity contribution in [2.75, 3.05) is 27.2 Å². The summed E-state index contributed by atoms with van der Waals surface area (Å²) >= 11 is 0. The molecule has 0 atom stereocenters. The van der Waals surface area contributed by atoms with Crippen LogP contribution < -0.4 is 0 Å². The van der Waals surface area contributed by atoms with E-state index >= 15 is 0 Å². The summed E-state index contributed by atoms with van der Waals surface area (Å²) in [6, 6.07) is 8.37. The molecule has 0 amide bonds. The van der Waals surface area contributed by atoms with Gasteiger partial charge in [-0.15, -0.1) is 0 Å². The highest BCUT2D eigenvalue weighted by Crippen LogP contribution is 2.17. The van der Waals surface area contributed by atoms with E-state index in [4.69, 9.17) is 0 Å². The number of nitrogens with zero attached hydrogens (tertiary/aromatic N) is 1. The average molecular weight is 722 g/mol. The average Bonchev–Trinajstić information content (AvgIpc) is 3.09. The molecule has 1 aromatic carbocycles. The fraction of sp³-hybridized carbons (Fsp3) is 0.867. The molecule has 0 heterocycles. The molecule has 0 radical (unpaired) electrons. The minimum Gasteiger partial charge on any atom is -0.748 e. The van der Waals surface area contributed by atoms with E-state index < -0.39 is 15.9 Å². The highest BCUT2D eigenvalue weighted by Gasteiger charge is 2.10. The normalized spacial score (nSPS) is 11.9. The highest BCUT2D eigenvalue weighted by molar-refractivity contribution is 7.84. The van der Waals surface area contributed by atoms with E-state index in [1.165, 1.54) is 223 Å². The van der Waals surface area contributed by atoms with Crippen LogP contribution in [0.3, 0.4) is 0 Å². The van der Waals surface area contributed by atoms with Crippen LogP contribution in [0.15, 0.2) is 30.3 Å². The number of hydrogen-bond donors (Lipinski definition) is 0. The van der Waals surface area contributed by atoms with Crippen LogP contribution in [0.2, 0.25) is 0 Å². The Kier molecular flexibility index (Phi) is 35.8. The molecular weight excluding hydrogens is 635 g/mol. The first-order chi connectivity index (χ1) is 24.2. The monoisotopic (exact) mass is 722 g/mol. The molecule has 50 heavy (non-hydrogen) atoms. The van der Waals surface area contributed by atoms with Gasteiger partial charge in [0.15, 0.2) is 0 Å². The number of quaternary nitrogens is 1. The van der Waals surface area contributed by atoms with Crippen LogP contribution in [0.1, 0.15) is 225 Å². The van der Waals surface area contributed by atoms with E-state index in [1.54, 1.807) is 30.3 Å². The quantitative estimate of drug-likeness (QED) is 0.0394.